The van der Waals surface area contributed by atoms with Gasteiger partial charge >= 0.3 is 0 Å². The molecule has 0 fully saturated rings. The van der Waals surface area contributed by atoms with Crippen molar-refractivity contribution in [2.24, 2.45) is 0 Å². The molecular formula is C29H27N3O4S. The first kappa shape index (κ1) is 25.9. The van der Waals surface area contributed by atoms with Crippen LogP contribution in [0.5, 0.6) is 11.5 Å². The van der Waals surface area contributed by atoms with Gasteiger partial charge in [-0.2, -0.15) is 0 Å². The fourth-order valence-corrected chi connectivity index (χ4v) is 4.72. The first-order chi connectivity index (χ1) is 18.2. The summed E-state index contributed by atoms with van der Waals surface area (Å²) in [6, 6.07) is 12.5. The van der Waals surface area contributed by atoms with E-state index >= 15 is 0 Å². The van der Waals surface area contributed by atoms with E-state index in [0.29, 0.717) is 47.2 Å². The molecule has 0 spiro atoms. The number of rotatable bonds is 13. The van der Waals surface area contributed by atoms with Crippen molar-refractivity contribution in [1.29, 1.82) is 0 Å². The van der Waals surface area contributed by atoms with Crippen molar-refractivity contribution in [2.75, 3.05) is 0 Å². The number of aromatic nitrogens is 3. The molecule has 0 amide bonds. The number of thiophene rings is 1. The Bertz CT molecular complexity index is 1380. The number of ether oxygens (including phenoxy) is 2. The molecule has 4 rings (SSSR count). The molecule has 0 radical (unpaired) electrons. The van der Waals surface area contributed by atoms with Gasteiger partial charge in [-0.25, -0.2) is 4.98 Å². The zero-order valence-electron chi connectivity index (χ0n) is 20.5. The van der Waals surface area contributed by atoms with Crippen molar-refractivity contribution < 1.29 is 19.1 Å². The standard InChI is InChI=1S/C29H27N3O4S/c1-2-3-4-5-6-22-11-14-37-29(22)8-7-21-9-12-30-25(15-21)27-17-24(36-20-34)18-28(32-27)26-16-23(35-19-33)10-13-31-26/h7-20H,2-6H2,1H3/b8-7+. The highest BCUT2D eigenvalue weighted by atomic mass is 32.1. The van der Waals surface area contributed by atoms with Crippen molar-refractivity contribution in [3.8, 4) is 34.3 Å². The SMILES string of the molecule is CCCCCCc1ccsc1/C=C/c1ccnc(-c2cc(OC=O)cc(-c3cc(OC=O)ccn3)n2)c1. The van der Waals surface area contributed by atoms with Crippen LogP contribution in [0.1, 0.15) is 48.6 Å². The minimum absolute atomic E-state index is 0.299. The largest absolute Gasteiger partial charge is 0.429 e. The molecule has 188 valence electrons. The number of carbonyl (C=O) groups is 2. The zero-order chi connectivity index (χ0) is 25.9. The first-order valence-corrected chi connectivity index (χ1v) is 13.0. The maximum absolute atomic E-state index is 11.0. The van der Waals surface area contributed by atoms with Gasteiger partial charge in [-0.1, -0.05) is 32.3 Å². The van der Waals surface area contributed by atoms with Crippen LogP contribution in [0.15, 0.2) is 60.2 Å². The summed E-state index contributed by atoms with van der Waals surface area (Å²) < 4.78 is 10.0. The lowest BCUT2D eigenvalue weighted by Gasteiger charge is -2.08. The van der Waals surface area contributed by atoms with Gasteiger partial charge in [0.05, 0.1) is 22.8 Å². The molecule has 0 N–H and O–H groups in total. The maximum Gasteiger partial charge on any atom is 0.298 e. The molecule has 0 aliphatic rings. The lowest BCUT2D eigenvalue weighted by Crippen LogP contribution is -1.97. The molecule has 4 heterocycles. The quantitative estimate of drug-likeness (QED) is 0.146. The third-order valence-corrected chi connectivity index (χ3v) is 6.64. The monoisotopic (exact) mass is 513 g/mol. The van der Waals surface area contributed by atoms with Crippen molar-refractivity contribution >= 4 is 36.4 Å². The molecule has 4 aromatic rings. The molecule has 0 saturated heterocycles. The number of pyridine rings is 3. The Morgan fingerprint density at radius 1 is 0.784 bits per heavy atom. The van der Waals surface area contributed by atoms with E-state index in [1.807, 2.05) is 12.1 Å². The highest BCUT2D eigenvalue weighted by Gasteiger charge is 2.12. The van der Waals surface area contributed by atoms with Gasteiger partial charge in [0.25, 0.3) is 12.9 Å². The topological polar surface area (TPSA) is 91.3 Å². The van der Waals surface area contributed by atoms with E-state index in [2.05, 4.69) is 45.5 Å². The van der Waals surface area contributed by atoms with Crippen molar-refractivity contribution in [3.63, 3.8) is 0 Å². The number of aryl methyl sites for hydroxylation is 1. The average molecular weight is 514 g/mol. The highest BCUT2D eigenvalue weighted by Crippen LogP contribution is 2.29. The van der Waals surface area contributed by atoms with Crippen molar-refractivity contribution in [3.05, 3.63) is 76.2 Å². The highest BCUT2D eigenvalue weighted by molar-refractivity contribution is 7.11. The third-order valence-electron chi connectivity index (χ3n) is 5.72. The minimum atomic E-state index is 0.299. The Kier molecular flexibility index (Phi) is 9.26. The Balaban J connectivity index is 1.60. The minimum Gasteiger partial charge on any atom is -0.429 e. The van der Waals surface area contributed by atoms with E-state index in [9.17, 15) is 9.59 Å². The van der Waals surface area contributed by atoms with Crippen LogP contribution >= 0.6 is 11.3 Å². The maximum atomic E-state index is 11.0. The van der Waals surface area contributed by atoms with Gasteiger partial charge in [-0.15, -0.1) is 11.3 Å². The Morgan fingerprint density at radius 3 is 2.24 bits per heavy atom. The van der Waals surface area contributed by atoms with Gasteiger partial charge in [0, 0.05) is 35.5 Å². The molecule has 0 bridgehead atoms. The number of hydrogen-bond acceptors (Lipinski definition) is 8. The van der Waals surface area contributed by atoms with Gasteiger partial charge < -0.3 is 9.47 Å². The summed E-state index contributed by atoms with van der Waals surface area (Å²) in [4.78, 5) is 36.5. The molecule has 8 heteroatoms. The molecule has 0 aliphatic carbocycles. The van der Waals surface area contributed by atoms with Crippen molar-refractivity contribution in [2.45, 2.75) is 39.0 Å². The molecule has 0 aromatic carbocycles. The predicted octanol–water partition coefficient (Wildman–Crippen LogP) is 6.63. The van der Waals surface area contributed by atoms with Crippen molar-refractivity contribution in [1.82, 2.24) is 15.0 Å². The van der Waals surface area contributed by atoms with Gasteiger partial charge in [0.1, 0.15) is 11.5 Å². The second-order valence-corrected chi connectivity index (χ2v) is 9.25. The predicted molar refractivity (Wildman–Crippen MR) is 145 cm³/mol. The number of carbonyl (C=O) groups excluding carboxylic acids is 2. The number of nitrogens with zero attached hydrogens (tertiary/aromatic N) is 3. The van der Waals surface area contributed by atoms with E-state index in [0.717, 1.165) is 12.0 Å². The summed E-state index contributed by atoms with van der Waals surface area (Å²) in [6.45, 7) is 2.93. The normalized spacial score (nSPS) is 10.9. The summed E-state index contributed by atoms with van der Waals surface area (Å²) in [5.41, 5.74) is 4.38. The van der Waals surface area contributed by atoms with Crippen LogP contribution in [0.25, 0.3) is 34.9 Å². The van der Waals surface area contributed by atoms with Crippen LogP contribution < -0.4 is 9.47 Å². The number of hydrogen-bond donors (Lipinski definition) is 0. The summed E-state index contributed by atoms with van der Waals surface area (Å²) >= 11 is 1.74. The molecule has 0 aliphatic heterocycles. The van der Waals surface area contributed by atoms with Crippen LogP contribution in [0.4, 0.5) is 0 Å². The molecule has 0 atom stereocenters. The van der Waals surface area contributed by atoms with Crippen LogP contribution in [-0.2, 0) is 16.0 Å². The lowest BCUT2D eigenvalue weighted by molar-refractivity contribution is -0.121. The summed E-state index contributed by atoms with van der Waals surface area (Å²) in [6.07, 6.45) is 13.5. The van der Waals surface area contributed by atoms with Crippen LogP contribution in [0, 0.1) is 0 Å². The molecule has 37 heavy (non-hydrogen) atoms. The van der Waals surface area contributed by atoms with Crippen LogP contribution in [0.2, 0.25) is 0 Å². The fraction of sp³-hybridized carbons (Fsp3) is 0.207. The smallest absolute Gasteiger partial charge is 0.298 e. The Labute approximate surface area is 219 Å². The van der Waals surface area contributed by atoms with E-state index in [4.69, 9.17) is 9.47 Å². The second kappa shape index (κ2) is 13.2. The molecule has 4 aromatic heterocycles. The van der Waals surface area contributed by atoms with Crippen LogP contribution in [-0.4, -0.2) is 27.9 Å². The zero-order valence-corrected chi connectivity index (χ0v) is 21.3. The summed E-state index contributed by atoms with van der Waals surface area (Å²) in [5, 5.41) is 2.14. The second-order valence-electron chi connectivity index (χ2n) is 8.31. The van der Waals surface area contributed by atoms with Gasteiger partial charge in [-0.05, 0) is 59.7 Å². The van der Waals surface area contributed by atoms with E-state index in [-0.39, 0.29) is 0 Å². The van der Waals surface area contributed by atoms with E-state index in [1.165, 1.54) is 42.3 Å². The lowest BCUT2D eigenvalue weighted by atomic mass is 10.1. The van der Waals surface area contributed by atoms with Gasteiger partial charge in [0.15, 0.2) is 0 Å². The third kappa shape index (κ3) is 7.17. The molecular weight excluding hydrogens is 486 g/mol. The van der Waals surface area contributed by atoms with Crippen LogP contribution in [0.3, 0.4) is 0 Å². The summed E-state index contributed by atoms with van der Waals surface area (Å²) in [5.74, 6) is 0.626. The van der Waals surface area contributed by atoms with E-state index < -0.39 is 0 Å². The molecule has 7 nitrogen and oxygen atoms in total. The van der Waals surface area contributed by atoms with Gasteiger partial charge in [-0.3, -0.25) is 19.6 Å². The molecule has 0 unspecified atom stereocenters. The first-order valence-electron chi connectivity index (χ1n) is 12.1. The Morgan fingerprint density at radius 2 is 1.49 bits per heavy atom. The average Bonchev–Trinajstić information content (AvgIpc) is 3.38. The Hall–Kier alpha value is -4.17. The molecule has 0 saturated carbocycles. The fourth-order valence-electron chi connectivity index (χ4n) is 3.88. The van der Waals surface area contributed by atoms with Gasteiger partial charge in [0.2, 0.25) is 0 Å². The number of unbranched alkanes of at least 4 members (excludes halogenated alkanes) is 3. The summed E-state index contributed by atoms with van der Waals surface area (Å²) in [7, 11) is 0. The van der Waals surface area contributed by atoms with E-state index in [1.54, 1.807) is 41.8 Å².